The molecule has 0 bridgehead atoms. The van der Waals surface area contributed by atoms with Gasteiger partial charge in [-0.1, -0.05) is 17.7 Å². The van der Waals surface area contributed by atoms with Gasteiger partial charge in [0.15, 0.2) is 0 Å². The van der Waals surface area contributed by atoms with E-state index in [-0.39, 0.29) is 12.0 Å². The number of rotatable bonds is 5. The molecule has 0 radical (unpaired) electrons. The highest BCUT2D eigenvalue weighted by atomic mass is 35.5. The van der Waals surface area contributed by atoms with Gasteiger partial charge in [-0.2, -0.15) is 0 Å². The van der Waals surface area contributed by atoms with Gasteiger partial charge in [-0.05, 0) is 12.5 Å². The van der Waals surface area contributed by atoms with Crippen molar-refractivity contribution in [3.63, 3.8) is 0 Å². The minimum Gasteiger partial charge on any atom is -0.481 e. The van der Waals surface area contributed by atoms with Crippen molar-refractivity contribution in [3.8, 4) is 11.1 Å². The summed E-state index contributed by atoms with van der Waals surface area (Å²) in [6, 6.07) is 3.60. The van der Waals surface area contributed by atoms with Crippen molar-refractivity contribution in [2.75, 3.05) is 0 Å². The number of pyridine rings is 1. The standard InChI is InChI=1S/C15H13ClN4O3/c16-14-11(9-3-1-5-17-7-9)12-13(15(23)19-8-18-12)20(14)6-2-4-10(21)22/h1,3,5,7-8H,2,4,6H2,(H,21,22)(H,18,19,23). The summed E-state index contributed by atoms with van der Waals surface area (Å²) in [6.07, 6.45) is 4.97. The number of nitrogens with zero attached hydrogens (tertiary/aromatic N) is 3. The van der Waals surface area contributed by atoms with E-state index in [2.05, 4.69) is 15.0 Å². The van der Waals surface area contributed by atoms with Crippen molar-refractivity contribution in [1.29, 1.82) is 0 Å². The number of hydrogen-bond donors (Lipinski definition) is 2. The number of aliphatic carboxylic acids is 1. The SMILES string of the molecule is O=C(O)CCCn1c(Cl)c(-c2cccnc2)c2nc[nH]c(=O)c21. The highest BCUT2D eigenvalue weighted by Gasteiger charge is 2.20. The molecule has 23 heavy (non-hydrogen) atoms. The maximum atomic E-state index is 12.2. The molecule has 0 saturated heterocycles. The molecule has 3 heterocycles. The first-order chi connectivity index (χ1) is 11.1. The van der Waals surface area contributed by atoms with Gasteiger partial charge in [0.05, 0.1) is 6.33 Å². The van der Waals surface area contributed by atoms with E-state index in [9.17, 15) is 9.59 Å². The number of carboxylic acids is 1. The Labute approximate surface area is 135 Å². The fourth-order valence-corrected chi connectivity index (χ4v) is 2.89. The van der Waals surface area contributed by atoms with Gasteiger partial charge in [-0.3, -0.25) is 14.6 Å². The molecule has 0 fully saturated rings. The van der Waals surface area contributed by atoms with Crippen LogP contribution in [0, 0.1) is 0 Å². The van der Waals surface area contributed by atoms with Gasteiger partial charge >= 0.3 is 5.97 Å². The van der Waals surface area contributed by atoms with Crippen LogP contribution in [0.2, 0.25) is 5.15 Å². The fourth-order valence-electron chi connectivity index (χ4n) is 2.52. The second kappa shape index (κ2) is 6.21. The molecule has 3 aromatic heterocycles. The summed E-state index contributed by atoms with van der Waals surface area (Å²) < 4.78 is 1.61. The van der Waals surface area contributed by atoms with Gasteiger partial charge in [0, 0.05) is 36.5 Å². The number of H-pyrrole nitrogens is 1. The maximum absolute atomic E-state index is 12.2. The molecular weight excluding hydrogens is 320 g/mol. The number of carbonyl (C=O) groups is 1. The average Bonchev–Trinajstić information content (AvgIpc) is 2.81. The minimum absolute atomic E-state index is 0.00358. The van der Waals surface area contributed by atoms with Gasteiger partial charge in [0.1, 0.15) is 16.2 Å². The van der Waals surface area contributed by atoms with Crippen molar-refractivity contribution in [1.82, 2.24) is 19.5 Å². The number of halogens is 1. The van der Waals surface area contributed by atoms with Crippen LogP contribution in [0.1, 0.15) is 12.8 Å². The molecule has 0 aliphatic rings. The van der Waals surface area contributed by atoms with Gasteiger partial charge in [0.25, 0.3) is 5.56 Å². The van der Waals surface area contributed by atoms with Crippen LogP contribution in [0.15, 0.2) is 35.6 Å². The first-order valence-corrected chi connectivity index (χ1v) is 7.35. The molecule has 8 heteroatoms. The lowest BCUT2D eigenvalue weighted by atomic mass is 10.1. The molecule has 0 aliphatic carbocycles. The number of nitrogens with one attached hydrogen (secondary N) is 1. The second-order valence-corrected chi connectivity index (χ2v) is 5.34. The molecule has 0 aliphatic heterocycles. The molecular formula is C15H13ClN4O3. The lowest BCUT2D eigenvalue weighted by Gasteiger charge is -2.05. The zero-order valence-corrected chi connectivity index (χ0v) is 12.7. The Balaban J connectivity index is 2.18. The zero-order valence-electron chi connectivity index (χ0n) is 12.0. The molecule has 0 saturated carbocycles. The zero-order chi connectivity index (χ0) is 16.4. The monoisotopic (exact) mass is 332 g/mol. The quantitative estimate of drug-likeness (QED) is 0.746. The molecule has 0 atom stereocenters. The Hall–Kier alpha value is -2.67. The summed E-state index contributed by atoms with van der Waals surface area (Å²) in [5, 5.41) is 9.13. The molecule has 3 aromatic rings. The Morgan fingerprint density at radius 3 is 2.96 bits per heavy atom. The van der Waals surface area contributed by atoms with Crippen LogP contribution in [-0.2, 0) is 11.3 Å². The van der Waals surface area contributed by atoms with E-state index >= 15 is 0 Å². The summed E-state index contributed by atoms with van der Waals surface area (Å²) in [6.45, 7) is 0.316. The van der Waals surface area contributed by atoms with E-state index in [4.69, 9.17) is 16.7 Å². The van der Waals surface area contributed by atoms with E-state index in [1.807, 2.05) is 6.07 Å². The lowest BCUT2D eigenvalue weighted by Crippen LogP contribution is -2.12. The Morgan fingerprint density at radius 2 is 2.26 bits per heavy atom. The molecule has 0 spiro atoms. The number of aromatic nitrogens is 4. The number of fused-ring (bicyclic) bond motifs is 1. The van der Waals surface area contributed by atoms with Crippen LogP contribution in [0.3, 0.4) is 0 Å². The molecule has 118 valence electrons. The Bertz CT molecular complexity index is 918. The normalized spacial score (nSPS) is 11.0. The van der Waals surface area contributed by atoms with E-state index < -0.39 is 5.97 Å². The molecule has 0 aromatic carbocycles. The van der Waals surface area contributed by atoms with E-state index in [1.165, 1.54) is 6.33 Å². The molecule has 0 amide bonds. The van der Waals surface area contributed by atoms with E-state index in [0.29, 0.717) is 34.7 Å². The predicted molar refractivity (Wildman–Crippen MR) is 85.5 cm³/mol. The minimum atomic E-state index is -0.892. The summed E-state index contributed by atoms with van der Waals surface area (Å²) >= 11 is 6.47. The third kappa shape index (κ3) is 2.83. The summed E-state index contributed by atoms with van der Waals surface area (Å²) in [5.74, 6) is -0.892. The number of carboxylic acid groups (broad SMARTS) is 1. The first kappa shape index (κ1) is 15.2. The third-order valence-electron chi connectivity index (χ3n) is 3.50. The van der Waals surface area contributed by atoms with Crippen molar-refractivity contribution in [2.24, 2.45) is 0 Å². The van der Waals surface area contributed by atoms with Crippen LogP contribution in [0.4, 0.5) is 0 Å². The number of hydrogen-bond acceptors (Lipinski definition) is 4. The van der Waals surface area contributed by atoms with Crippen LogP contribution in [-0.4, -0.2) is 30.6 Å². The second-order valence-electron chi connectivity index (χ2n) is 4.99. The average molecular weight is 333 g/mol. The van der Waals surface area contributed by atoms with E-state index in [1.54, 1.807) is 23.0 Å². The van der Waals surface area contributed by atoms with Gasteiger partial charge in [-0.15, -0.1) is 0 Å². The van der Waals surface area contributed by atoms with Crippen LogP contribution >= 0.6 is 11.6 Å². The molecule has 2 N–H and O–H groups in total. The van der Waals surface area contributed by atoms with Crippen LogP contribution in [0.25, 0.3) is 22.2 Å². The topological polar surface area (TPSA) is 101 Å². The summed E-state index contributed by atoms with van der Waals surface area (Å²) in [7, 11) is 0. The fraction of sp³-hybridized carbons (Fsp3) is 0.200. The van der Waals surface area contributed by atoms with Gasteiger partial charge in [-0.25, -0.2) is 4.98 Å². The smallest absolute Gasteiger partial charge is 0.303 e. The Morgan fingerprint density at radius 1 is 1.43 bits per heavy atom. The highest BCUT2D eigenvalue weighted by molar-refractivity contribution is 6.34. The van der Waals surface area contributed by atoms with E-state index in [0.717, 1.165) is 5.56 Å². The third-order valence-corrected chi connectivity index (χ3v) is 3.89. The predicted octanol–water partition coefficient (Wildman–Crippen LogP) is 2.30. The molecule has 0 unspecified atom stereocenters. The first-order valence-electron chi connectivity index (χ1n) is 6.97. The number of aryl methyl sites for hydroxylation is 1. The van der Waals surface area contributed by atoms with Crippen molar-refractivity contribution < 1.29 is 9.90 Å². The molecule has 7 nitrogen and oxygen atoms in total. The summed E-state index contributed by atoms with van der Waals surface area (Å²) in [4.78, 5) is 33.7. The van der Waals surface area contributed by atoms with Crippen molar-refractivity contribution in [3.05, 3.63) is 46.4 Å². The number of aromatic amines is 1. The van der Waals surface area contributed by atoms with Crippen LogP contribution in [0.5, 0.6) is 0 Å². The van der Waals surface area contributed by atoms with Gasteiger partial charge < -0.3 is 14.7 Å². The van der Waals surface area contributed by atoms with Crippen molar-refractivity contribution >= 4 is 28.6 Å². The summed E-state index contributed by atoms with van der Waals surface area (Å²) in [5.41, 5.74) is 1.86. The van der Waals surface area contributed by atoms with Gasteiger partial charge in [0.2, 0.25) is 0 Å². The highest BCUT2D eigenvalue weighted by Crippen LogP contribution is 2.35. The molecule has 3 rings (SSSR count). The van der Waals surface area contributed by atoms with Crippen molar-refractivity contribution in [2.45, 2.75) is 19.4 Å². The Kier molecular flexibility index (Phi) is 4.12. The lowest BCUT2D eigenvalue weighted by molar-refractivity contribution is -0.137. The maximum Gasteiger partial charge on any atom is 0.303 e. The largest absolute Gasteiger partial charge is 0.481 e. The van der Waals surface area contributed by atoms with Crippen LogP contribution < -0.4 is 5.56 Å².